The van der Waals surface area contributed by atoms with Crippen LogP contribution in [0.15, 0.2) is 0 Å². The summed E-state index contributed by atoms with van der Waals surface area (Å²) < 4.78 is 0. The highest BCUT2D eigenvalue weighted by Crippen LogP contribution is 2.24. The Morgan fingerprint density at radius 1 is 1.44 bits per heavy atom. The third kappa shape index (κ3) is 3.44. The van der Waals surface area contributed by atoms with E-state index in [1.807, 2.05) is 6.92 Å². The van der Waals surface area contributed by atoms with Gasteiger partial charge in [-0.25, -0.2) is 0 Å². The molecular formula is C13H27NO2. The van der Waals surface area contributed by atoms with Gasteiger partial charge in [0.2, 0.25) is 0 Å². The standard InChI is InChI=1S/C13H27NO2/c1-5-11-8-14(7-6-12(11)15)9-13(4,16)10(2)3/h10-12,15-16H,5-9H2,1-4H3. The Hall–Kier alpha value is -0.120. The summed E-state index contributed by atoms with van der Waals surface area (Å²) in [5, 5.41) is 20.1. The third-order valence-corrected chi connectivity index (χ3v) is 4.09. The van der Waals surface area contributed by atoms with Crippen LogP contribution in [0.4, 0.5) is 0 Å². The van der Waals surface area contributed by atoms with Crippen LogP contribution in [0.1, 0.15) is 40.5 Å². The minimum absolute atomic E-state index is 0.148. The molecule has 1 saturated heterocycles. The van der Waals surface area contributed by atoms with Gasteiger partial charge in [-0.15, -0.1) is 0 Å². The Labute approximate surface area is 99.5 Å². The van der Waals surface area contributed by atoms with Gasteiger partial charge in [0, 0.05) is 19.6 Å². The Morgan fingerprint density at radius 2 is 2.06 bits per heavy atom. The monoisotopic (exact) mass is 229 g/mol. The summed E-state index contributed by atoms with van der Waals surface area (Å²) >= 11 is 0. The first-order chi connectivity index (χ1) is 7.36. The molecule has 16 heavy (non-hydrogen) atoms. The van der Waals surface area contributed by atoms with E-state index in [-0.39, 0.29) is 12.0 Å². The highest BCUT2D eigenvalue weighted by atomic mass is 16.3. The van der Waals surface area contributed by atoms with E-state index in [2.05, 4.69) is 25.7 Å². The minimum Gasteiger partial charge on any atom is -0.393 e. The molecule has 0 aromatic rings. The molecule has 1 fully saturated rings. The molecule has 96 valence electrons. The van der Waals surface area contributed by atoms with E-state index in [4.69, 9.17) is 0 Å². The fraction of sp³-hybridized carbons (Fsp3) is 1.00. The fourth-order valence-corrected chi connectivity index (χ4v) is 2.28. The summed E-state index contributed by atoms with van der Waals surface area (Å²) in [6.07, 6.45) is 1.71. The van der Waals surface area contributed by atoms with Crippen LogP contribution < -0.4 is 0 Å². The number of hydrogen-bond donors (Lipinski definition) is 2. The molecule has 0 bridgehead atoms. The Morgan fingerprint density at radius 3 is 2.56 bits per heavy atom. The molecule has 3 nitrogen and oxygen atoms in total. The maximum atomic E-state index is 10.3. The maximum absolute atomic E-state index is 10.3. The van der Waals surface area contributed by atoms with Gasteiger partial charge in [0.05, 0.1) is 11.7 Å². The highest BCUT2D eigenvalue weighted by molar-refractivity contribution is 4.85. The van der Waals surface area contributed by atoms with Crippen LogP contribution in [0.25, 0.3) is 0 Å². The summed E-state index contributed by atoms with van der Waals surface area (Å²) in [7, 11) is 0. The van der Waals surface area contributed by atoms with Crippen LogP contribution >= 0.6 is 0 Å². The van der Waals surface area contributed by atoms with Gasteiger partial charge < -0.3 is 15.1 Å². The van der Waals surface area contributed by atoms with Crippen molar-refractivity contribution in [2.45, 2.75) is 52.2 Å². The second-order valence-corrected chi connectivity index (χ2v) is 5.77. The predicted molar refractivity (Wildman–Crippen MR) is 66.3 cm³/mol. The number of likely N-dealkylation sites (tertiary alicyclic amines) is 1. The molecule has 0 aliphatic carbocycles. The van der Waals surface area contributed by atoms with Crippen LogP contribution in [-0.2, 0) is 0 Å². The second kappa shape index (κ2) is 5.48. The summed E-state index contributed by atoms with van der Waals surface area (Å²) in [5.74, 6) is 0.635. The SMILES string of the molecule is CCC1CN(CC(C)(O)C(C)C)CCC1O. The van der Waals surface area contributed by atoms with Gasteiger partial charge in [0.1, 0.15) is 0 Å². The maximum Gasteiger partial charge on any atom is 0.0768 e. The number of aliphatic hydroxyl groups is 2. The Bertz CT molecular complexity index is 216. The van der Waals surface area contributed by atoms with Crippen molar-refractivity contribution >= 4 is 0 Å². The Kier molecular flexibility index (Phi) is 4.77. The molecule has 3 unspecified atom stereocenters. The van der Waals surface area contributed by atoms with Crippen LogP contribution in [0.3, 0.4) is 0 Å². The first-order valence-corrected chi connectivity index (χ1v) is 6.49. The molecule has 3 heteroatoms. The number of rotatable bonds is 4. The number of hydrogen-bond acceptors (Lipinski definition) is 3. The van der Waals surface area contributed by atoms with Crippen LogP contribution in [0.5, 0.6) is 0 Å². The lowest BCUT2D eigenvalue weighted by Crippen LogP contribution is -2.50. The van der Waals surface area contributed by atoms with Crippen molar-refractivity contribution in [2.75, 3.05) is 19.6 Å². The van der Waals surface area contributed by atoms with Crippen molar-refractivity contribution in [3.05, 3.63) is 0 Å². The van der Waals surface area contributed by atoms with E-state index >= 15 is 0 Å². The first-order valence-electron chi connectivity index (χ1n) is 6.49. The number of β-amino-alcohol motifs (C(OH)–C–C–N with tert-alkyl or cyclic N) is 1. The largest absolute Gasteiger partial charge is 0.393 e. The molecule has 0 aromatic carbocycles. The van der Waals surface area contributed by atoms with E-state index in [9.17, 15) is 10.2 Å². The van der Waals surface area contributed by atoms with Crippen LogP contribution in [-0.4, -0.2) is 46.5 Å². The predicted octanol–water partition coefficient (Wildman–Crippen LogP) is 1.49. The van der Waals surface area contributed by atoms with Crippen LogP contribution in [0.2, 0.25) is 0 Å². The molecular weight excluding hydrogens is 202 g/mol. The van der Waals surface area contributed by atoms with E-state index < -0.39 is 5.60 Å². The summed E-state index contributed by atoms with van der Waals surface area (Å²) in [5.41, 5.74) is -0.624. The van der Waals surface area contributed by atoms with Gasteiger partial charge in [0.25, 0.3) is 0 Å². The smallest absolute Gasteiger partial charge is 0.0768 e. The number of piperidine rings is 1. The van der Waals surface area contributed by atoms with Crippen molar-refractivity contribution in [2.24, 2.45) is 11.8 Å². The van der Waals surface area contributed by atoms with E-state index in [0.717, 1.165) is 25.9 Å². The molecule has 2 N–H and O–H groups in total. The fourth-order valence-electron chi connectivity index (χ4n) is 2.28. The average Bonchev–Trinajstić information content (AvgIpc) is 2.20. The van der Waals surface area contributed by atoms with Gasteiger partial charge in [0.15, 0.2) is 0 Å². The van der Waals surface area contributed by atoms with Gasteiger partial charge in [-0.05, 0) is 31.6 Å². The van der Waals surface area contributed by atoms with Crippen molar-refractivity contribution in [3.8, 4) is 0 Å². The summed E-state index contributed by atoms with van der Waals surface area (Å²) in [6.45, 7) is 10.7. The molecule has 1 aliphatic heterocycles. The van der Waals surface area contributed by atoms with Gasteiger partial charge in [-0.1, -0.05) is 20.8 Å². The number of nitrogens with zero attached hydrogens (tertiary/aromatic N) is 1. The normalized spacial score (nSPS) is 31.7. The highest BCUT2D eigenvalue weighted by Gasteiger charge is 2.32. The Balaban J connectivity index is 2.50. The van der Waals surface area contributed by atoms with E-state index in [1.54, 1.807) is 0 Å². The molecule has 0 saturated carbocycles. The molecule has 1 aliphatic rings. The summed E-state index contributed by atoms with van der Waals surface area (Å²) in [6, 6.07) is 0. The molecule has 1 heterocycles. The first kappa shape index (κ1) is 13.9. The van der Waals surface area contributed by atoms with Gasteiger partial charge in [-0.2, -0.15) is 0 Å². The zero-order valence-corrected chi connectivity index (χ0v) is 11.1. The minimum atomic E-state index is -0.624. The van der Waals surface area contributed by atoms with Gasteiger partial charge in [-0.3, -0.25) is 0 Å². The number of aliphatic hydroxyl groups excluding tert-OH is 1. The second-order valence-electron chi connectivity index (χ2n) is 5.77. The van der Waals surface area contributed by atoms with Crippen molar-refractivity contribution < 1.29 is 10.2 Å². The lowest BCUT2D eigenvalue weighted by atomic mass is 9.88. The summed E-state index contributed by atoms with van der Waals surface area (Å²) in [4.78, 5) is 2.29. The van der Waals surface area contributed by atoms with Crippen molar-refractivity contribution in [1.82, 2.24) is 4.90 Å². The van der Waals surface area contributed by atoms with Gasteiger partial charge >= 0.3 is 0 Å². The zero-order valence-electron chi connectivity index (χ0n) is 11.1. The van der Waals surface area contributed by atoms with E-state index in [0.29, 0.717) is 12.5 Å². The zero-order chi connectivity index (χ0) is 12.3. The average molecular weight is 229 g/mol. The molecule has 0 amide bonds. The molecule has 3 atom stereocenters. The lowest BCUT2D eigenvalue weighted by molar-refractivity contribution is -0.0471. The molecule has 0 spiro atoms. The molecule has 0 aromatic heterocycles. The van der Waals surface area contributed by atoms with E-state index in [1.165, 1.54) is 0 Å². The quantitative estimate of drug-likeness (QED) is 0.767. The van der Waals surface area contributed by atoms with Crippen LogP contribution in [0, 0.1) is 11.8 Å². The lowest BCUT2D eigenvalue weighted by Gasteiger charge is -2.40. The third-order valence-electron chi connectivity index (χ3n) is 4.09. The topological polar surface area (TPSA) is 43.7 Å². The van der Waals surface area contributed by atoms with Crippen molar-refractivity contribution in [1.29, 1.82) is 0 Å². The van der Waals surface area contributed by atoms with Crippen molar-refractivity contribution in [3.63, 3.8) is 0 Å². The molecule has 1 rings (SSSR count). The molecule has 0 radical (unpaired) electrons.